The first-order chi connectivity index (χ1) is 13.8. The fraction of sp³-hybridized carbons (Fsp3) is 0.143. The minimum atomic E-state index is 0.644. The van der Waals surface area contributed by atoms with Gasteiger partial charge in [-0.25, -0.2) is 19.2 Å². The van der Waals surface area contributed by atoms with Gasteiger partial charge in [0.05, 0.1) is 25.2 Å². The van der Waals surface area contributed by atoms with E-state index in [1.54, 1.807) is 18.0 Å². The molecule has 0 saturated heterocycles. The van der Waals surface area contributed by atoms with Crippen molar-refractivity contribution in [3.8, 4) is 5.75 Å². The summed E-state index contributed by atoms with van der Waals surface area (Å²) in [6.45, 7) is 0.667. The topological polar surface area (TPSA) is 70.1 Å². The molecular weight excluding hydrogens is 352 g/mol. The van der Waals surface area contributed by atoms with Crippen molar-refractivity contribution in [3.05, 3.63) is 84.1 Å². The van der Waals surface area contributed by atoms with E-state index in [0.29, 0.717) is 13.0 Å². The molecule has 0 spiro atoms. The van der Waals surface area contributed by atoms with Gasteiger partial charge in [-0.05, 0) is 23.3 Å². The number of aromatic nitrogens is 6. The Bertz CT molecular complexity index is 1240. The molecule has 0 fully saturated rings. The Hall–Kier alpha value is -3.74. The molecule has 2 aromatic carbocycles. The van der Waals surface area contributed by atoms with Gasteiger partial charge >= 0.3 is 0 Å². The lowest BCUT2D eigenvalue weighted by molar-refractivity contribution is 0.414. The van der Waals surface area contributed by atoms with Gasteiger partial charge in [0.25, 0.3) is 0 Å². The molecule has 0 radical (unpaired) electrons. The number of benzene rings is 2. The van der Waals surface area contributed by atoms with Crippen LogP contribution in [0, 0.1) is 0 Å². The molecule has 0 saturated carbocycles. The summed E-state index contributed by atoms with van der Waals surface area (Å²) >= 11 is 0. The molecule has 0 aliphatic heterocycles. The lowest BCUT2D eigenvalue weighted by Gasteiger charge is -2.02. The molecule has 0 bridgehead atoms. The summed E-state index contributed by atoms with van der Waals surface area (Å²) in [6.07, 6.45) is 4.16. The van der Waals surface area contributed by atoms with Crippen LogP contribution in [0.4, 0.5) is 0 Å². The Balaban J connectivity index is 1.48. The summed E-state index contributed by atoms with van der Waals surface area (Å²) in [6, 6.07) is 18.1. The summed E-state index contributed by atoms with van der Waals surface area (Å²) in [5, 5.41) is 9.98. The fourth-order valence-electron chi connectivity index (χ4n) is 3.29. The molecule has 138 valence electrons. The summed E-state index contributed by atoms with van der Waals surface area (Å²) in [7, 11) is 1.66. The van der Waals surface area contributed by atoms with Crippen molar-refractivity contribution >= 4 is 16.7 Å². The van der Waals surface area contributed by atoms with E-state index >= 15 is 0 Å². The van der Waals surface area contributed by atoms with E-state index in [2.05, 4.69) is 27.3 Å². The van der Waals surface area contributed by atoms with Crippen LogP contribution in [0.5, 0.6) is 5.75 Å². The van der Waals surface area contributed by atoms with Crippen molar-refractivity contribution in [2.45, 2.75) is 13.0 Å². The molecule has 5 aromatic rings. The van der Waals surface area contributed by atoms with Crippen LogP contribution < -0.4 is 4.74 Å². The monoisotopic (exact) mass is 370 g/mol. The number of hydrogen-bond donors (Lipinski definition) is 0. The molecule has 5 rings (SSSR count). The van der Waals surface area contributed by atoms with Crippen molar-refractivity contribution in [2.75, 3.05) is 7.11 Å². The van der Waals surface area contributed by atoms with Gasteiger partial charge in [-0.1, -0.05) is 42.5 Å². The molecular formula is C21H18N6O. The highest BCUT2D eigenvalue weighted by atomic mass is 16.5. The van der Waals surface area contributed by atoms with E-state index < -0.39 is 0 Å². The van der Waals surface area contributed by atoms with Crippen LogP contribution in [0.2, 0.25) is 0 Å². The molecule has 0 amide bonds. The minimum absolute atomic E-state index is 0.644. The highest BCUT2D eigenvalue weighted by molar-refractivity contribution is 5.88. The number of nitrogens with zero attached hydrogens (tertiary/aromatic N) is 6. The zero-order chi connectivity index (χ0) is 18.9. The maximum Gasteiger partial charge on any atom is 0.170 e. The van der Waals surface area contributed by atoms with Crippen LogP contribution in [0.15, 0.2) is 67.1 Å². The van der Waals surface area contributed by atoms with E-state index in [9.17, 15) is 0 Å². The van der Waals surface area contributed by atoms with Crippen LogP contribution in [0.3, 0.4) is 0 Å². The third-order valence-electron chi connectivity index (χ3n) is 4.71. The van der Waals surface area contributed by atoms with Crippen molar-refractivity contribution < 1.29 is 4.74 Å². The van der Waals surface area contributed by atoms with E-state index in [-0.39, 0.29) is 0 Å². The second kappa shape index (κ2) is 6.77. The van der Waals surface area contributed by atoms with Gasteiger partial charge in [0.2, 0.25) is 0 Å². The number of rotatable bonds is 5. The highest BCUT2D eigenvalue weighted by Gasteiger charge is 2.13. The van der Waals surface area contributed by atoms with Gasteiger partial charge in [-0.15, -0.1) is 5.10 Å². The summed E-state index contributed by atoms with van der Waals surface area (Å²) in [5.41, 5.74) is 3.88. The Labute approximate surface area is 161 Å². The average Bonchev–Trinajstić information content (AvgIpc) is 3.33. The molecule has 28 heavy (non-hydrogen) atoms. The van der Waals surface area contributed by atoms with Crippen LogP contribution in [-0.2, 0) is 13.0 Å². The second-order valence-corrected chi connectivity index (χ2v) is 6.59. The number of ether oxygens (including phenoxy) is 1. The first-order valence-corrected chi connectivity index (χ1v) is 9.03. The van der Waals surface area contributed by atoms with Crippen LogP contribution in [0.25, 0.3) is 16.7 Å². The second-order valence-electron chi connectivity index (χ2n) is 6.59. The van der Waals surface area contributed by atoms with Gasteiger partial charge in [-0.3, -0.25) is 0 Å². The molecule has 0 aliphatic carbocycles. The Kier molecular flexibility index (Phi) is 3.97. The van der Waals surface area contributed by atoms with Gasteiger partial charge in [0, 0.05) is 6.42 Å². The van der Waals surface area contributed by atoms with Gasteiger partial charge in [0.15, 0.2) is 17.1 Å². The maximum absolute atomic E-state index is 5.21. The average molecular weight is 370 g/mol. The van der Waals surface area contributed by atoms with E-state index in [1.165, 1.54) is 5.56 Å². The highest BCUT2D eigenvalue weighted by Crippen LogP contribution is 2.19. The smallest absolute Gasteiger partial charge is 0.170 e. The third-order valence-corrected chi connectivity index (χ3v) is 4.71. The molecule has 0 unspecified atom stereocenters. The van der Waals surface area contributed by atoms with Crippen molar-refractivity contribution in [1.82, 2.24) is 29.4 Å². The number of hydrogen-bond acceptors (Lipinski definition) is 5. The lowest BCUT2D eigenvalue weighted by atomic mass is 10.1. The summed E-state index contributed by atoms with van der Waals surface area (Å²) < 4.78 is 8.82. The van der Waals surface area contributed by atoms with Crippen molar-refractivity contribution in [2.24, 2.45) is 0 Å². The molecule has 3 aromatic heterocycles. The van der Waals surface area contributed by atoms with Gasteiger partial charge in [-0.2, -0.15) is 5.10 Å². The maximum atomic E-state index is 5.21. The number of fused-ring (bicyclic) bond motifs is 3. The largest absolute Gasteiger partial charge is 0.497 e. The molecule has 0 N–H and O–H groups in total. The first kappa shape index (κ1) is 16.4. The zero-order valence-electron chi connectivity index (χ0n) is 15.4. The third kappa shape index (κ3) is 2.96. The minimum Gasteiger partial charge on any atom is -0.497 e. The molecule has 7 nitrogen and oxygen atoms in total. The Morgan fingerprint density at radius 3 is 2.54 bits per heavy atom. The molecule has 0 aliphatic rings. The predicted octanol–water partition coefficient (Wildman–Crippen LogP) is 3.12. The fourth-order valence-corrected chi connectivity index (χ4v) is 3.29. The first-order valence-electron chi connectivity index (χ1n) is 9.03. The summed E-state index contributed by atoms with van der Waals surface area (Å²) in [4.78, 5) is 9.28. The normalized spacial score (nSPS) is 11.3. The number of methoxy groups -OCH3 is 1. The van der Waals surface area contributed by atoms with Crippen LogP contribution >= 0.6 is 0 Å². The van der Waals surface area contributed by atoms with Gasteiger partial charge in [0.1, 0.15) is 12.1 Å². The lowest BCUT2D eigenvalue weighted by Crippen LogP contribution is -2.03. The molecule has 3 heterocycles. The van der Waals surface area contributed by atoms with Crippen LogP contribution in [0.1, 0.15) is 17.0 Å². The quantitative estimate of drug-likeness (QED) is 0.475. The molecule has 7 heteroatoms. The van der Waals surface area contributed by atoms with E-state index in [0.717, 1.165) is 33.8 Å². The SMILES string of the molecule is COc1ccc(Cc2nc3c4cnn(Cc5ccccc5)c4ncn3n2)cc1. The Morgan fingerprint density at radius 1 is 0.929 bits per heavy atom. The van der Waals surface area contributed by atoms with E-state index in [4.69, 9.17) is 9.72 Å². The molecule has 0 atom stereocenters. The van der Waals surface area contributed by atoms with Crippen molar-refractivity contribution in [3.63, 3.8) is 0 Å². The summed E-state index contributed by atoms with van der Waals surface area (Å²) in [5.74, 6) is 1.58. The predicted molar refractivity (Wildman–Crippen MR) is 105 cm³/mol. The van der Waals surface area contributed by atoms with Gasteiger partial charge < -0.3 is 4.74 Å². The standard InChI is InChI=1S/C21H18N6O/c1-28-17-9-7-15(8-10-17)11-19-24-21-18-12-23-26(13-16-5-3-2-4-6-16)20(18)22-14-27(21)25-19/h2-10,12,14H,11,13H2,1H3. The van der Waals surface area contributed by atoms with Crippen LogP contribution in [-0.4, -0.2) is 36.5 Å². The van der Waals surface area contributed by atoms with Crippen molar-refractivity contribution in [1.29, 1.82) is 0 Å². The zero-order valence-corrected chi connectivity index (χ0v) is 15.4. The Morgan fingerprint density at radius 2 is 1.75 bits per heavy atom. The van der Waals surface area contributed by atoms with E-state index in [1.807, 2.05) is 53.3 Å².